The predicted octanol–water partition coefficient (Wildman–Crippen LogP) is 3.59. The summed E-state index contributed by atoms with van der Waals surface area (Å²) < 4.78 is 0. The summed E-state index contributed by atoms with van der Waals surface area (Å²) in [6, 6.07) is 8.47. The van der Waals surface area contributed by atoms with Crippen molar-refractivity contribution >= 4 is 11.6 Å². The number of amides is 1. The molecule has 27 heavy (non-hydrogen) atoms. The molecule has 2 N–H and O–H groups in total. The van der Waals surface area contributed by atoms with Crippen LogP contribution in [0.3, 0.4) is 0 Å². The van der Waals surface area contributed by atoms with E-state index in [2.05, 4.69) is 22.3 Å². The molecule has 3 aliphatic carbocycles. The van der Waals surface area contributed by atoms with E-state index in [1.54, 1.807) is 0 Å². The minimum absolute atomic E-state index is 0.105. The molecule has 0 radical (unpaired) electrons. The smallest absolute Gasteiger partial charge is 0.251 e. The van der Waals surface area contributed by atoms with Gasteiger partial charge in [-0.3, -0.25) is 4.79 Å². The number of aliphatic hydroxyl groups excluding tert-OH is 1. The Morgan fingerprint density at radius 3 is 2.33 bits per heavy atom. The van der Waals surface area contributed by atoms with E-state index in [0.29, 0.717) is 17.9 Å². The van der Waals surface area contributed by atoms with Gasteiger partial charge in [-0.25, -0.2) is 0 Å². The number of nitrogens with one attached hydrogen (secondary N) is 1. The number of aliphatic hydroxyl groups is 1. The fourth-order valence-corrected chi connectivity index (χ4v) is 6.47. The van der Waals surface area contributed by atoms with Gasteiger partial charge in [-0.1, -0.05) is 12.8 Å². The molecular weight excluding hydrogens is 336 g/mol. The van der Waals surface area contributed by atoms with E-state index in [0.717, 1.165) is 49.0 Å². The zero-order chi connectivity index (χ0) is 18.4. The molecule has 3 bridgehead atoms. The number of benzene rings is 1. The summed E-state index contributed by atoms with van der Waals surface area (Å²) in [5.41, 5.74) is 1.94. The van der Waals surface area contributed by atoms with Crippen LogP contribution < -0.4 is 10.2 Å². The van der Waals surface area contributed by atoms with Crippen molar-refractivity contribution in [1.82, 2.24) is 5.32 Å². The van der Waals surface area contributed by atoms with Crippen molar-refractivity contribution in [2.75, 3.05) is 18.0 Å². The van der Waals surface area contributed by atoms with E-state index in [-0.39, 0.29) is 12.0 Å². The molecule has 4 fully saturated rings. The largest absolute Gasteiger partial charge is 0.393 e. The third-order valence-corrected chi connectivity index (χ3v) is 7.91. The fourth-order valence-electron chi connectivity index (χ4n) is 6.47. The Hall–Kier alpha value is -1.55. The molecule has 4 aliphatic rings. The second kappa shape index (κ2) is 7.12. The highest BCUT2D eigenvalue weighted by Gasteiger charge is 2.48. The first-order valence-corrected chi connectivity index (χ1v) is 11.0. The molecule has 4 nitrogen and oxygen atoms in total. The van der Waals surface area contributed by atoms with Crippen molar-refractivity contribution in [2.45, 2.75) is 63.5 Å². The lowest BCUT2D eigenvalue weighted by molar-refractivity contribution is 0.0863. The average Bonchev–Trinajstić information content (AvgIpc) is 2.93. The Labute approximate surface area is 162 Å². The van der Waals surface area contributed by atoms with Crippen LogP contribution in [0, 0.1) is 23.7 Å². The number of rotatable bonds is 3. The number of carbonyl (C=O) groups excluding carboxylic acids is 1. The van der Waals surface area contributed by atoms with Gasteiger partial charge in [0.05, 0.1) is 6.10 Å². The molecule has 5 rings (SSSR count). The van der Waals surface area contributed by atoms with Crippen LogP contribution in [0.25, 0.3) is 0 Å². The molecular formula is C23H32N2O2. The Morgan fingerprint density at radius 1 is 0.889 bits per heavy atom. The average molecular weight is 369 g/mol. The van der Waals surface area contributed by atoms with Crippen molar-refractivity contribution in [3.05, 3.63) is 29.8 Å². The van der Waals surface area contributed by atoms with Crippen LogP contribution >= 0.6 is 0 Å². The highest BCUT2D eigenvalue weighted by atomic mass is 16.3. The van der Waals surface area contributed by atoms with Gasteiger partial charge in [0.1, 0.15) is 0 Å². The highest BCUT2D eigenvalue weighted by molar-refractivity contribution is 5.94. The molecule has 1 saturated heterocycles. The van der Waals surface area contributed by atoms with Crippen LogP contribution in [-0.2, 0) is 0 Å². The minimum Gasteiger partial charge on any atom is -0.393 e. The molecule has 1 aromatic carbocycles. The van der Waals surface area contributed by atoms with Crippen LogP contribution in [0.1, 0.15) is 61.7 Å². The molecule has 146 valence electrons. The van der Waals surface area contributed by atoms with Crippen LogP contribution in [0.5, 0.6) is 0 Å². The van der Waals surface area contributed by atoms with Gasteiger partial charge in [-0.05, 0) is 86.5 Å². The van der Waals surface area contributed by atoms with Gasteiger partial charge in [0, 0.05) is 30.4 Å². The van der Waals surface area contributed by atoms with Crippen LogP contribution in [0.2, 0.25) is 0 Å². The summed E-state index contributed by atoms with van der Waals surface area (Å²) in [5.74, 6) is 3.39. The van der Waals surface area contributed by atoms with Crippen LogP contribution in [0.15, 0.2) is 24.3 Å². The number of hydrogen-bond donors (Lipinski definition) is 2. The standard InChI is InChI=1S/C23H32N2O2/c26-21-8-10-25(11-9-21)20-6-4-15(5-7-20)23(27)24-22-17-3-1-2-16-12-19(22)14-18(16)13-17/h4-7,16-19,21-22,26H,1-3,8-14H2,(H,24,27). The maximum atomic E-state index is 12.9. The van der Waals surface area contributed by atoms with Crippen LogP contribution in [0.4, 0.5) is 5.69 Å². The quantitative estimate of drug-likeness (QED) is 0.857. The Kier molecular flexibility index (Phi) is 4.63. The zero-order valence-corrected chi connectivity index (χ0v) is 16.1. The van der Waals surface area contributed by atoms with Crippen molar-refractivity contribution in [3.8, 4) is 0 Å². The summed E-state index contributed by atoms with van der Waals surface area (Å²) >= 11 is 0. The van der Waals surface area contributed by atoms with Gasteiger partial charge in [0.25, 0.3) is 5.91 Å². The number of carbonyl (C=O) groups is 1. The lowest BCUT2D eigenvalue weighted by Crippen LogP contribution is -2.47. The molecule has 1 aliphatic heterocycles. The summed E-state index contributed by atoms with van der Waals surface area (Å²) in [5, 5.41) is 13.1. The van der Waals surface area contributed by atoms with E-state index in [1.807, 2.05) is 12.1 Å². The van der Waals surface area contributed by atoms with Crippen molar-refractivity contribution in [2.24, 2.45) is 23.7 Å². The lowest BCUT2D eigenvalue weighted by Gasteiger charge is -2.37. The molecule has 4 heteroatoms. The predicted molar refractivity (Wildman–Crippen MR) is 107 cm³/mol. The van der Waals surface area contributed by atoms with E-state index >= 15 is 0 Å². The number of hydrogen-bond acceptors (Lipinski definition) is 3. The third kappa shape index (κ3) is 3.37. The SMILES string of the molecule is O=C(NC1C2CCCC3CC1CC3C2)c1ccc(N2CCC(O)CC2)cc1. The van der Waals surface area contributed by atoms with E-state index in [4.69, 9.17) is 0 Å². The summed E-state index contributed by atoms with van der Waals surface area (Å²) in [6.07, 6.45) is 9.59. The Balaban J connectivity index is 1.25. The number of anilines is 1. The topological polar surface area (TPSA) is 52.6 Å². The maximum Gasteiger partial charge on any atom is 0.251 e. The molecule has 0 aromatic heterocycles. The number of nitrogens with zero attached hydrogens (tertiary/aromatic N) is 1. The molecule has 5 atom stereocenters. The molecule has 3 saturated carbocycles. The van der Waals surface area contributed by atoms with Gasteiger partial charge >= 0.3 is 0 Å². The van der Waals surface area contributed by atoms with Gasteiger partial charge in [-0.2, -0.15) is 0 Å². The molecule has 1 amide bonds. The fraction of sp³-hybridized carbons (Fsp3) is 0.696. The van der Waals surface area contributed by atoms with Gasteiger partial charge < -0.3 is 15.3 Å². The summed E-state index contributed by atoms with van der Waals surface area (Å²) in [4.78, 5) is 15.2. The molecule has 1 aromatic rings. The first-order valence-electron chi connectivity index (χ1n) is 11.0. The highest BCUT2D eigenvalue weighted by Crippen LogP contribution is 2.53. The first kappa shape index (κ1) is 17.5. The van der Waals surface area contributed by atoms with Gasteiger partial charge in [0.15, 0.2) is 0 Å². The lowest BCUT2D eigenvalue weighted by atomic mass is 9.75. The molecule has 5 unspecified atom stereocenters. The number of piperidine rings is 1. The van der Waals surface area contributed by atoms with Gasteiger partial charge in [-0.15, -0.1) is 0 Å². The third-order valence-electron chi connectivity index (χ3n) is 7.91. The minimum atomic E-state index is -0.156. The first-order chi connectivity index (χ1) is 13.2. The van der Waals surface area contributed by atoms with E-state index in [1.165, 1.54) is 38.5 Å². The second-order valence-corrected chi connectivity index (χ2v) is 9.44. The van der Waals surface area contributed by atoms with Crippen molar-refractivity contribution in [1.29, 1.82) is 0 Å². The van der Waals surface area contributed by atoms with Crippen LogP contribution in [-0.4, -0.2) is 36.2 Å². The van der Waals surface area contributed by atoms with Crippen molar-refractivity contribution < 1.29 is 9.90 Å². The molecule has 0 spiro atoms. The summed E-state index contributed by atoms with van der Waals surface area (Å²) in [6.45, 7) is 1.78. The Bertz CT molecular complexity index is 680. The second-order valence-electron chi connectivity index (χ2n) is 9.44. The monoisotopic (exact) mass is 368 g/mol. The summed E-state index contributed by atoms with van der Waals surface area (Å²) in [7, 11) is 0. The van der Waals surface area contributed by atoms with Gasteiger partial charge in [0.2, 0.25) is 0 Å². The normalized spacial score (nSPS) is 35.9. The number of fused-ring (bicyclic) bond motifs is 2. The molecule has 1 heterocycles. The zero-order valence-electron chi connectivity index (χ0n) is 16.1. The maximum absolute atomic E-state index is 12.9. The Morgan fingerprint density at radius 2 is 1.56 bits per heavy atom. The van der Waals surface area contributed by atoms with Crippen molar-refractivity contribution in [3.63, 3.8) is 0 Å². The van der Waals surface area contributed by atoms with E-state index < -0.39 is 0 Å². The van der Waals surface area contributed by atoms with E-state index in [9.17, 15) is 9.90 Å².